The van der Waals surface area contributed by atoms with Crippen molar-refractivity contribution in [1.29, 1.82) is 0 Å². The summed E-state index contributed by atoms with van der Waals surface area (Å²) in [4.78, 5) is 16.2. The van der Waals surface area contributed by atoms with Crippen LogP contribution in [0.15, 0.2) is 53.3 Å². The molecule has 0 aliphatic carbocycles. The summed E-state index contributed by atoms with van der Waals surface area (Å²) in [6.07, 6.45) is 1.70. The quantitative estimate of drug-likeness (QED) is 0.624. The molecule has 1 unspecified atom stereocenters. The van der Waals surface area contributed by atoms with Gasteiger partial charge in [0.2, 0.25) is 11.9 Å². The summed E-state index contributed by atoms with van der Waals surface area (Å²) in [5.41, 5.74) is 1.96. The summed E-state index contributed by atoms with van der Waals surface area (Å²) in [6, 6.07) is 13.5. The first-order valence-electron chi connectivity index (χ1n) is 8.98. The fourth-order valence-electron chi connectivity index (χ4n) is 3.17. The number of nitrogens with zero attached hydrogens (tertiary/aromatic N) is 3. The first-order chi connectivity index (χ1) is 13.7. The fourth-order valence-corrected chi connectivity index (χ4v) is 3.76. The van der Waals surface area contributed by atoms with Gasteiger partial charge in [0.15, 0.2) is 11.5 Å². The second-order valence-electron chi connectivity index (χ2n) is 6.32. The molecule has 2 heterocycles. The normalized spacial score (nSPS) is 15.6. The van der Waals surface area contributed by atoms with Crippen LogP contribution in [0.3, 0.4) is 0 Å². The Morgan fingerprint density at radius 2 is 2.00 bits per heavy atom. The zero-order valence-electron chi connectivity index (χ0n) is 15.3. The van der Waals surface area contributed by atoms with Crippen LogP contribution in [0.5, 0.6) is 11.5 Å². The molecule has 0 bridgehead atoms. The number of aromatic nitrogens is 3. The minimum atomic E-state index is -0.275. The largest absolute Gasteiger partial charge is 0.490 e. The van der Waals surface area contributed by atoms with E-state index in [0.717, 1.165) is 15.6 Å². The van der Waals surface area contributed by atoms with Gasteiger partial charge in [-0.1, -0.05) is 46.3 Å². The van der Waals surface area contributed by atoms with E-state index >= 15 is 0 Å². The molecular weight excluding hydrogens is 424 g/mol. The number of hydrogen-bond acceptors (Lipinski definition) is 5. The van der Waals surface area contributed by atoms with Gasteiger partial charge in [-0.25, -0.2) is 4.68 Å². The lowest BCUT2D eigenvalue weighted by Gasteiger charge is -2.25. The molecule has 7 nitrogen and oxygen atoms in total. The minimum absolute atomic E-state index is 0.0974. The van der Waals surface area contributed by atoms with Crippen molar-refractivity contribution in [2.45, 2.75) is 26.0 Å². The number of nitrogens with one attached hydrogen (secondary N) is 1. The molecule has 0 saturated carbocycles. The van der Waals surface area contributed by atoms with Gasteiger partial charge in [0, 0.05) is 4.47 Å². The van der Waals surface area contributed by atoms with Crippen molar-refractivity contribution in [3.63, 3.8) is 0 Å². The van der Waals surface area contributed by atoms with Crippen LogP contribution in [0, 0.1) is 0 Å². The molecular formula is C20H19BrN4O3. The number of amides is 1. The van der Waals surface area contributed by atoms with Crippen molar-refractivity contribution in [2.24, 2.45) is 0 Å². The molecule has 8 heteroatoms. The number of carbonyl (C=O) groups is 1. The smallest absolute Gasteiger partial charge is 0.229 e. The third kappa shape index (κ3) is 3.73. The van der Waals surface area contributed by atoms with Crippen molar-refractivity contribution in [2.75, 3.05) is 11.9 Å². The highest BCUT2D eigenvalue weighted by Crippen LogP contribution is 2.40. The van der Waals surface area contributed by atoms with Crippen molar-refractivity contribution in [1.82, 2.24) is 14.8 Å². The Kier molecular flexibility index (Phi) is 5.29. The Morgan fingerprint density at radius 3 is 2.79 bits per heavy atom. The van der Waals surface area contributed by atoms with Crippen LogP contribution in [-0.2, 0) is 11.4 Å². The Hall–Kier alpha value is -2.87. The number of fused-ring (bicyclic) bond motifs is 1. The van der Waals surface area contributed by atoms with Crippen LogP contribution >= 0.6 is 15.9 Å². The molecule has 1 aliphatic heterocycles. The highest BCUT2D eigenvalue weighted by Gasteiger charge is 2.30. The molecule has 28 heavy (non-hydrogen) atoms. The lowest BCUT2D eigenvalue weighted by atomic mass is 10.0. The predicted molar refractivity (Wildman–Crippen MR) is 107 cm³/mol. The van der Waals surface area contributed by atoms with Crippen molar-refractivity contribution < 1.29 is 14.3 Å². The van der Waals surface area contributed by atoms with Crippen molar-refractivity contribution in [3.8, 4) is 11.5 Å². The lowest BCUT2D eigenvalue weighted by molar-refractivity contribution is -0.117. The monoisotopic (exact) mass is 442 g/mol. The van der Waals surface area contributed by atoms with E-state index in [1.54, 1.807) is 4.68 Å². The summed E-state index contributed by atoms with van der Waals surface area (Å²) >= 11 is 3.63. The van der Waals surface area contributed by atoms with Gasteiger partial charge in [0.25, 0.3) is 0 Å². The first kappa shape index (κ1) is 18.5. The zero-order valence-corrected chi connectivity index (χ0v) is 16.8. The van der Waals surface area contributed by atoms with Gasteiger partial charge in [0.05, 0.1) is 19.1 Å². The van der Waals surface area contributed by atoms with E-state index in [1.807, 2.05) is 49.4 Å². The van der Waals surface area contributed by atoms with E-state index in [-0.39, 0.29) is 18.4 Å². The number of rotatable bonds is 6. The summed E-state index contributed by atoms with van der Waals surface area (Å²) in [7, 11) is 0. The molecule has 2 aromatic carbocycles. The Morgan fingerprint density at radius 1 is 1.21 bits per heavy atom. The maximum absolute atomic E-state index is 12.1. The Labute approximate surface area is 170 Å². The van der Waals surface area contributed by atoms with Crippen LogP contribution in [0.4, 0.5) is 5.95 Å². The zero-order chi connectivity index (χ0) is 19.5. The number of halogens is 1. The molecule has 3 aromatic rings. The van der Waals surface area contributed by atoms with Crippen molar-refractivity contribution in [3.05, 3.63) is 64.4 Å². The Balaban J connectivity index is 1.66. The predicted octanol–water partition coefficient (Wildman–Crippen LogP) is 3.95. The molecule has 0 saturated heterocycles. The second-order valence-corrected chi connectivity index (χ2v) is 7.18. The van der Waals surface area contributed by atoms with Crippen LogP contribution in [0.25, 0.3) is 0 Å². The van der Waals surface area contributed by atoms with Gasteiger partial charge in [-0.15, -0.1) is 0 Å². The number of ether oxygens (including phenoxy) is 2. The second kappa shape index (κ2) is 8.02. The van der Waals surface area contributed by atoms with Crippen LogP contribution < -0.4 is 14.8 Å². The van der Waals surface area contributed by atoms with Crippen LogP contribution in [0.2, 0.25) is 0 Å². The summed E-state index contributed by atoms with van der Waals surface area (Å²) in [5.74, 6) is 1.61. The van der Waals surface area contributed by atoms with E-state index in [2.05, 4.69) is 31.3 Å². The molecule has 1 N–H and O–H groups in total. The number of hydrogen-bond donors (Lipinski definition) is 1. The fraction of sp³-hybridized carbons (Fsp3) is 0.250. The number of carbonyl (C=O) groups excluding carboxylic acids is 1. The standard InChI is InChI=1S/C20H19BrN4O3/c1-2-27-17-8-14(16-10-19(26)24-20-22-12-23-25(16)20)15(21)9-18(17)28-11-13-6-4-3-5-7-13/h3-9,12,16H,2,10-11H2,1H3,(H,22,23,24,26). The van der Waals surface area contributed by atoms with E-state index in [1.165, 1.54) is 6.33 Å². The summed E-state index contributed by atoms with van der Waals surface area (Å²) in [6.45, 7) is 2.86. The third-order valence-electron chi connectivity index (χ3n) is 4.46. The molecule has 0 spiro atoms. The molecule has 0 radical (unpaired) electrons. The molecule has 1 atom stereocenters. The van der Waals surface area contributed by atoms with Crippen molar-refractivity contribution >= 4 is 27.8 Å². The van der Waals surface area contributed by atoms with Gasteiger partial charge in [-0.3, -0.25) is 10.1 Å². The molecule has 1 amide bonds. The summed E-state index contributed by atoms with van der Waals surface area (Å²) < 4.78 is 14.4. The van der Waals surface area contributed by atoms with Gasteiger partial charge < -0.3 is 9.47 Å². The van der Waals surface area contributed by atoms with Gasteiger partial charge >= 0.3 is 0 Å². The maximum atomic E-state index is 12.1. The van der Waals surface area contributed by atoms with E-state index in [9.17, 15) is 4.79 Å². The van der Waals surface area contributed by atoms with Crippen LogP contribution in [0.1, 0.15) is 30.5 Å². The lowest BCUT2D eigenvalue weighted by Crippen LogP contribution is -2.29. The average Bonchev–Trinajstić information content (AvgIpc) is 3.16. The minimum Gasteiger partial charge on any atom is -0.490 e. The first-order valence-corrected chi connectivity index (χ1v) is 9.77. The summed E-state index contributed by atoms with van der Waals surface area (Å²) in [5, 5.41) is 6.99. The Bertz CT molecular complexity index is 990. The average molecular weight is 443 g/mol. The molecule has 4 rings (SSSR count). The van der Waals surface area contributed by atoms with Gasteiger partial charge in [-0.05, 0) is 30.2 Å². The highest BCUT2D eigenvalue weighted by atomic mass is 79.9. The number of benzene rings is 2. The van der Waals surface area contributed by atoms with Gasteiger partial charge in [-0.2, -0.15) is 10.1 Å². The van der Waals surface area contributed by atoms with Crippen LogP contribution in [-0.4, -0.2) is 27.3 Å². The van der Waals surface area contributed by atoms with E-state index in [0.29, 0.717) is 30.7 Å². The SMILES string of the molecule is CCOc1cc(C2CC(=O)Nc3ncnn32)c(Br)cc1OCc1ccccc1. The maximum Gasteiger partial charge on any atom is 0.229 e. The molecule has 1 aromatic heterocycles. The van der Waals surface area contributed by atoms with E-state index < -0.39 is 0 Å². The van der Waals surface area contributed by atoms with E-state index in [4.69, 9.17) is 9.47 Å². The molecule has 144 valence electrons. The highest BCUT2D eigenvalue weighted by molar-refractivity contribution is 9.10. The van der Waals surface area contributed by atoms with Gasteiger partial charge in [0.1, 0.15) is 12.9 Å². The molecule has 1 aliphatic rings. The topological polar surface area (TPSA) is 78.3 Å². The number of anilines is 1. The molecule has 0 fully saturated rings. The third-order valence-corrected chi connectivity index (χ3v) is 5.14.